The molecule has 110 valence electrons. The van der Waals surface area contributed by atoms with E-state index in [4.69, 9.17) is 5.73 Å². The van der Waals surface area contributed by atoms with Crippen LogP contribution in [-0.4, -0.2) is 9.97 Å². The summed E-state index contributed by atoms with van der Waals surface area (Å²) >= 11 is 0. The van der Waals surface area contributed by atoms with Crippen LogP contribution in [0.2, 0.25) is 0 Å². The summed E-state index contributed by atoms with van der Waals surface area (Å²) < 4.78 is 0. The molecule has 3 nitrogen and oxygen atoms in total. The van der Waals surface area contributed by atoms with E-state index in [1.807, 2.05) is 6.07 Å². The maximum absolute atomic E-state index is 5.71. The normalized spacial score (nSPS) is 19.0. The van der Waals surface area contributed by atoms with Gasteiger partial charge in [-0.05, 0) is 46.9 Å². The monoisotopic (exact) mass is 281 g/mol. The van der Waals surface area contributed by atoms with E-state index in [9.17, 15) is 0 Å². The average Bonchev–Trinajstić information content (AvgIpc) is 2.44. The van der Waals surface area contributed by atoms with Crippen LogP contribution in [0.5, 0.6) is 0 Å². The third-order valence-electron chi connectivity index (χ3n) is 4.82. The van der Waals surface area contributed by atoms with Crippen LogP contribution in [0, 0.1) is 0 Å². The minimum Gasteiger partial charge on any atom is -0.368 e. The molecule has 0 atom stereocenters. The van der Waals surface area contributed by atoms with Crippen molar-refractivity contribution in [1.82, 2.24) is 9.97 Å². The molecule has 21 heavy (non-hydrogen) atoms. The number of hydrogen-bond acceptors (Lipinski definition) is 3. The van der Waals surface area contributed by atoms with E-state index in [0.29, 0.717) is 5.95 Å². The minimum atomic E-state index is 0.208. The van der Waals surface area contributed by atoms with Crippen LogP contribution in [0.4, 0.5) is 5.95 Å². The molecule has 1 aromatic heterocycles. The molecule has 0 aliphatic heterocycles. The zero-order chi connectivity index (χ0) is 15.3. The molecule has 0 spiro atoms. The number of aromatic nitrogens is 2. The second kappa shape index (κ2) is 4.55. The van der Waals surface area contributed by atoms with Gasteiger partial charge in [-0.15, -0.1) is 0 Å². The van der Waals surface area contributed by atoms with Crippen LogP contribution in [0.15, 0.2) is 30.5 Å². The molecular formula is C18H23N3. The lowest BCUT2D eigenvalue weighted by Gasteiger charge is -2.42. The van der Waals surface area contributed by atoms with E-state index < -0.39 is 0 Å². The summed E-state index contributed by atoms with van der Waals surface area (Å²) in [5.41, 5.74) is 11.1. The Hall–Kier alpha value is -1.90. The topological polar surface area (TPSA) is 51.8 Å². The molecule has 0 amide bonds. The lowest BCUT2D eigenvalue weighted by atomic mass is 9.63. The fourth-order valence-electron chi connectivity index (χ4n) is 3.28. The first-order chi connectivity index (χ1) is 9.79. The summed E-state index contributed by atoms with van der Waals surface area (Å²) in [6.45, 7) is 9.34. The van der Waals surface area contributed by atoms with Crippen LogP contribution in [0.3, 0.4) is 0 Å². The minimum absolute atomic E-state index is 0.208. The predicted octanol–water partition coefficient (Wildman–Crippen LogP) is 4.07. The molecule has 0 radical (unpaired) electrons. The highest BCUT2D eigenvalue weighted by atomic mass is 15.0. The molecule has 1 aromatic carbocycles. The first kappa shape index (κ1) is 14.1. The van der Waals surface area contributed by atoms with E-state index in [0.717, 1.165) is 11.3 Å². The molecular weight excluding hydrogens is 258 g/mol. The predicted molar refractivity (Wildman–Crippen MR) is 87.2 cm³/mol. The molecule has 0 saturated carbocycles. The number of nitrogens with two attached hydrogens (primary N) is 1. The lowest BCUT2D eigenvalue weighted by Crippen LogP contribution is -2.33. The number of hydrogen-bond donors (Lipinski definition) is 1. The second-order valence-corrected chi connectivity index (χ2v) is 7.33. The van der Waals surface area contributed by atoms with Crippen molar-refractivity contribution in [2.24, 2.45) is 0 Å². The summed E-state index contributed by atoms with van der Waals surface area (Å²) in [6, 6.07) is 8.63. The largest absolute Gasteiger partial charge is 0.368 e. The Morgan fingerprint density at radius 3 is 2.29 bits per heavy atom. The van der Waals surface area contributed by atoms with Crippen LogP contribution >= 0.6 is 0 Å². The molecule has 2 N–H and O–H groups in total. The number of nitrogens with zero attached hydrogens (tertiary/aromatic N) is 2. The zero-order valence-corrected chi connectivity index (χ0v) is 13.3. The Bertz CT molecular complexity index is 687. The van der Waals surface area contributed by atoms with Gasteiger partial charge in [0.05, 0.1) is 5.69 Å². The number of rotatable bonds is 1. The van der Waals surface area contributed by atoms with Gasteiger partial charge in [0.2, 0.25) is 5.95 Å². The molecule has 0 bridgehead atoms. The van der Waals surface area contributed by atoms with Gasteiger partial charge in [-0.2, -0.15) is 0 Å². The first-order valence-electron chi connectivity index (χ1n) is 7.53. The van der Waals surface area contributed by atoms with Crippen molar-refractivity contribution in [3.05, 3.63) is 41.6 Å². The van der Waals surface area contributed by atoms with Crippen molar-refractivity contribution in [2.75, 3.05) is 5.73 Å². The molecule has 3 heteroatoms. The van der Waals surface area contributed by atoms with Gasteiger partial charge in [-0.1, -0.05) is 39.8 Å². The van der Waals surface area contributed by atoms with E-state index in [1.165, 1.54) is 24.0 Å². The highest BCUT2D eigenvalue weighted by Crippen LogP contribution is 2.46. The van der Waals surface area contributed by atoms with E-state index in [2.05, 4.69) is 55.9 Å². The number of anilines is 1. The fraction of sp³-hybridized carbons (Fsp3) is 0.444. The smallest absolute Gasteiger partial charge is 0.220 e. The van der Waals surface area contributed by atoms with Crippen molar-refractivity contribution < 1.29 is 0 Å². The number of fused-ring (bicyclic) bond motifs is 1. The van der Waals surface area contributed by atoms with E-state index in [1.54, 1.807) is 6.20 Å². The average molecular weight is 281 g/mol. The summed E-state index contributed by atoms with van der Waals surface area (Å²) in [5.74, 6) is 0.324. The third kappa shape index (κ3) is 2.41. The third-order valence-corrected chi connectivity index (χ3v) is 4.82. The highest BCUT2D eigenvalue weighted by molar-refractivity contribution is 5.63. The highest BCUT2D eigenvalue weighted by Gasteiger charge is 2.36. The summed E-state index contributed by atoms with van der Waals surface area (Å²) in [6.07, 6.45) is 4.15. The standard InChI is InChI=1S/C18H23N3/c1-17(2)8-9-18(3,4)14-11-12(5-6-13(14)17)15-7-10-20-16(19)21-15/h5-7,10-11H,8-9H2,1-4H3,(H2,19,20,21). The zero-order valence-electron chi connectivity index (χ0n) is 13.3. The molecule has 0 saturated heterocycles. The second-order valence-electron chi connectivity index (χ2n) is 7.33. The number of nitrogen functional groups attached to an aromatic ring is 1. The Kier molecular flexibility index (Phi) is 3.05. The Balaban J connectivity index is 2.16. The van der Waals surface area contributed by atoms with Gasteiger partial charge in [0.1, 0.15) is 0 Å². The fourth-order valence-corrected chi connectivity index (χ4v) is 3.28. The maximum atomic E-state index is 5.71. The lowest BCUT2D eigenvalue weighted by molar-refractivity contribution is 0.332. The van der Waals surface area contributed by atoms with Gasteiger partial charge in [0.15, 0.2) is 0 Å². The Morgan fingerprint density at radius 2 is 1.62 bits per heavy atom. The molecule has 2 aromatic rings. The van der Waals surface area contributed by atoms with E-state index >= 15 is 0 Å². The molecule has 0 unspecified atom stereocenters. The first-order valence-corrected chi connectivity index (χ1v) is 7.53. The van der Waals surface area contributed by atoms with Crippen LogP contribution in [-0.2, 0) is 10.8 Å². The van der Waals surface area contributed by atoms with Crippen molar-refractivity contribution in [2.45, 2.75) is 51.4 Å². The molecule has 1 aliphatic rings. The SMILES string of the molecule is CC1(C)CCC(C)(C)c2cc(-c3ccnc(N)n3)ccc21. The van der Waals surface area contributed by atoms with Crippen molar-refractivity contribution in [1.29, 1.82) is 0 Å². The Morgan fingerprint density at radius 1 is 0.952 bits per heavy atom. The maximum Gasteiger partial charge on any atom is 0.220 e. The van der Waals surface area contributed by atoms with Crippen LogP contribution < -0.4 is 5.73 Å². The number of benzene rings is 1. The Labute approximate surface area is 126 Å². The molecule has 1 aliphatic carbocycles. The van der Waals surface area contributed by atoms with Gasteiger partial charge >= 0.3 is 0 Å². The summed E-state index contributed by atoms with van der Waals surface area (Å²) in [4.78, 5) is 8.31. The van der Waals surface area contributed by atoms with Gasteiger partial charge in [0.25, 0.3) is 0 Å². The summed E-state index contributed by atoms with van der Waals surface area (Å²) in [5, 5.41) is 0. The van der Waals surface area contributed by atoms with Crippen molar-refractivity contribution in [3.8, 4) is 11.3 Å². The van der Waals surface area contributed by atoms with Gasteiger partial charge in [-0.3, -0.25) is 0 Å². The van der Waals surface area contributed by atoms with Crippen molar-refractivity contribution >= 4 is 5.95 Å². The van der Waals surface area contributed by atoms with Gasteiger partial charge < -0.3 is 5.73 Å². The molecule has 3 rings (SSSR count). The van der Waals surface area contributed by atoms with E-state index in [-0.39, 0.29) is 10.8 Å². The van der Waals surface area contributed by atoms with Crippen LogP contribution in [0.25, 0.3) is 11.3 Å². The van der Waals surface area contributed by atoms with Gasteiger partial charge in [-0.25, -0.2) is 9.97 Å². The van der Waals surface area contributed by atoms with Crippen LogP contribution in [0.1, 0.15) is 51.7 Å². The molecule has 1 heterocycles. The van der Waals surface area contributed by atoms with Gasteiger partial charge in [0, 0.05) is 11.8 Å². The molecule has 0 fully saturated rings. The quantitative estimate of drug-likeness (QED) is 0.857. The van der Waals surface area contributed by atoms with Crippen molar-refractivity contribution in [3.63, 3.8) is 0 Å². The summed E-state index contributed by atoms with van der Waals surface area (Å²) in [7, 11) is 0.